The maximum atomic E-state index is 6.53. The van der Waals surface area contributed by atoms with Gasteiger partial charge in [0.15, 0.2) is 17.2 Å². The predicted molar refractivity (Wildman–Crippen MR) is 173 cm³/mol. The maximum absolute atomic E-state index is 6.53. The van der Waals surface area contributed by atoms with Crippen LogP contribution in [0.15, 0.2) is 53.5 Å². The van der Waals surface area contributed by atoms with E-state index in [1.54, 1.807) is 32.4 Å². The van der Waals surface area contributed by atoms with Gasteiger partial charge in [-0.25, -0.2) is 4.99 Å². The predicted octanol–water partition coefficient (Wildman–Crippen LogP) is 3.88. The maximum Gasteiger partial charge on any atom is 0.230 e. The number of hydrogen-bond acceptors (Lipinski definition) is 11. The molecular weight excluding hydrogens is 584 g/mol. The minimum absolute atomic E-state index is 0.290. The molecule has 2 saturated heterocycles. The molecule has 0 aliphatic carbocycles. The number of benzene rings is 2. The summed E-state index contributed by atoms with van der Waals surface area (Å²) < 4.78 is 22.5. The number of amidine groups is 1. The van der Waals surface area contributed by atoms with Gasteiger partial charge >= 0.3 is 0 Å². The molecule has 0 bridgehead atoms. The highest BCUT2D eigenvalue weighted by molar-refractivity contribution is 6.32. The van der Waals surface area contributed by atoms with Gasteiger partial charge in [-0.05, 0) is 31.6 Å². The molecule has 2 aliphatic heterocycles. The van der Waals surface area contributed by atoms with Crippen molar-refractivity contribution in [3.05, 3.63) is 53.6 Å². The van der Waals surface area contributed by atoms with Crippen molar-refractivity contribution >= 4 is 34.9 Å². The molecule has 0 amide bonds. The zero-order chi connectivity index (χ0) is 30.7. The Labute approximate surface area is 263 Å². The fraction of sp³-hybridized carbons (Fsp3) is 0.452. The van der Waals surface area contributed by atoms with Gasteiger partial charge in [0.1, 0.15) is 11.7 Å². The third kappa shape index (κ3) is 8.85. The fourth-order valence-corrected chi connectivity index (χ4v) is 5.32. The highest BCUT2D eigenvalue weighted by Gasteiger charge is 2.22. The molecule has 3 N–H and O–H groups in total. The SMILES string of the molecule is COc1cc(Cl)c(Oc2cc(NCC(N)=Nc3ccccc3)nc(N3CCN(CCCN4CCOCC4)CC3)n2)cc1OC. The molecule has 2 aliphatic rings. The summed E-state index contributed by atoms with van der Waals surface area (Å²) >= 11 is 6.53. The van der Waals surface area contributed by atoms with Crippen LogP contribution in [0.25, 0.3) is 0 Å². The summed E-state index contributed by atoms with van der Waals surface area (Å²) in [6.45, 7) is 9.65. The highest BCUT2D eigenvalue weighted by Crippen LogP contribution is 2.39. The molecule has 2 fully saturated rings. The normalized spacial score (nSPS) is 16.5. The smallest absolute Gasteiger partial charge is 0.230 e. The van der Waals surface area contributed by atoms with Gasteiger partial charge in [-0.1, -0.05) is 29.8 Å². The molecule has 5 rings (SSSR count). The average Bonchev–Trinajstić information content (AvgIpc) is 3.06. The van der Waals surface area contributed by atoms with Crippen molar-refractivity contribution in [2.75, 3.05) is 96.6 Å². The van der Waals surface area contributed by atoms with Crippen molar-refractivity contribution in [1.82, 2.24) is 19.8 Å². The summed E-state index contributed by atoms with van der Waals surface area (Å²) in [4.78, 5) is 21.2. The van der Waals surface area contributed by atoms with Gasteiger partial charge in [-0.15, -0.1) is 0 Å². The van der Waals surface area contributed by atoms with Crippen molar-refractivity contribution in [3.8, 4) is 23.1 Å². The fourth-order valence-electron chi connectivity index (χ4n) is 5.13. The van der Waals surface area contributed by atoms with Gasteiger partial charge in [-0.2, -0.15) is 9.97 Å². The van der Waals surface area contributed by atoms with Crippen LogP contribution in [-0.2, 0) is 4.74 Å². The van der Waals surface area contributed by atoms with E-state index in [2.05, 4.69) is 25.0 Å². The lowest BCUT2D eigenvalue weighted by Crippen LogP contribution is -2.47. The van der Waals surface area contributed by atoms with E-state index in [0.29, 0.717) is 52.3 Å². The van der Waals surface area contributed by atoms with E-state index in [0.717, 1.165) is 77.7 Å². The number of morpholine rings is 1. The largest absolute Gasteiger partial charge is 0.493 e. The lowest BCUT2D eigenvalue weighted by atomic mass is 10.2. The number of nitrogens with zero attached hydrogens (tertiary/aromatic N) is 6. The van der Waals surface area contributed by atoms with Crippen LogP contribution in [-0.4, -0.2) is 112 Å². The number of halogens is 1. The van der Waals surface area contributed by atoms with Crippen LogP contribution < -0.4 is 30.2 Å². The van der Waals surface area contributed by atoms with Crippen LogP contribution in [0.2, 0.25) is 5.02 Å². The Bertz CT molecular complexity index is 1380. The first kappa shape index (κ1) is 31.6. The number of anilines is 2. The van der Waals surface area contributed by atoms with E-state index in [1.807, 2.05) is 30.3 Å². The number of ether oxygens (including phenoxy) is 4. The van der Waals surface area contributed by atoms with Gasteiger partial charge in [-0.3, -0.25) is 9.80 Å². The summed E-state index contributed by atoms with van der Waals surface area (Å²) in [5, 5.41) is 3.64. The van der Waals surface area contributed by atoms with E-state index in [4.69, 9.17) is 46.3 Å². The van der Waals surface area contributed by atoms with Crippen LogP contribution in [0.3, 0.4) is 0 Å². The molecule has 0 saturated carbocycles. The third-order valence-corrected chi connectivity index (χ3v) is 7.83. The number of nitrogens with one attached hydrogen (secondary N) is 1. The van der Waals surface area contributed by atoms with Gasteiger partial charge in [0.25, 0.3) is 0 Å². The Morgan fingerprint density at radius 3 is 2.30 bits per heavy atom. The van der Waals surface area contributed by atoms with Gasteiger partial charge in [0.05, 0.1) is 44.7 Å². The van der Waals surface area contributed by atoms with Crippen LogP contribution in [0.4, 0.5) is 17.5 Å². The number of para-hydroxylation sites is 1. The molecule has 2 aromatic carbocycles. The van der Waals surface area contributed by atoms with Gasteiger partial charge < -0.3 is 34.9 Å². The van der Waals surface area contributed by atoms with E-state index in [-0.39, 0.29) is 0 Å². The Hall–Kier alpha value is -3.84. The Morgan fingerprint density at radius 2 is 1.59 bits per heavy atom. The second-order valence-corrected chi connectivity index (χ2v) is 11.0. The van der Waals surface area contributed by atoms with Gasteiger partial charge in [0, 0.05) is 57.5 Å². The molecule has 1 aromatic heterocycles. The lowest BCUT2D eigenvalue weighted by molar-refractivity contribution is 0.0360. The monoisotopic (exact) mass is 624 g/mol. The number of piperazine rings is 1. The van der Waals surface area contributed by atoms with Crippen molar-refractivity contribution in [2.45, 2.75) is 6.42 Å². The molecule has 0 unspecified atom stereocenters. The van der Waals surface area contributed by atoms with E-state index < -0.39 is 0 Å². The molecule has 3 heterocycles. The summed E-state index contributed by atoms with van der Waals surface area (Å²) in [6, 6.07) is 14.6. The summed E-state index contributed by atoms with van der Waals surface area (Å²) in [7, 11) is 3.12. The van der Waals surface area contributed by atoms with Crippen LogP contribution in [0.1, 0.15) is 6.42 Å². The van der Waals surface area contributed by atoms with Crippen LogP contribution in [0, 0.1) is 0 Å². The molecule has 12 nitrogen and oxygen atoms in total. The number of methoxy groups -OCH3 is 2. The second kappa shape index (κ2) is 15.8. The highest BCUT2D eigenvalue weighted by atomic mass is 35.5. The molecule has 236 valence electrons. The molecule has 13 heteroatoms. The van der Waals surface area contributed by atoms with Gasteiger partial charge in [0.2, 0.25) is 11.8 Å². The lowest BCUT2D eigenvalue weighted by Gasteiger charge is -2.35. The zero-order valence-corrected chi connectivity index (χ0v) is 26.1. The molecule has 0 radical (unpaired) electrons. The van der Waals surface area contributed by atoms with E-state index in [1.165, 1.54) is 0 Å². The molecule has 3 aromatic rings. The summed E-state index contributed by atoms with van der Waals surface area (Å²) in [5.74, 6) is 3.26. The quantitative estimate of drug-likeness (QED) is 0.213. The summed E-state index contributed by atoms with van der Waals surface area (Å²) in [6.07, 6.45) is 1.14. The number of rotatable bonds is 13. The van der Waals surface area contributed by atoms with Crippen molar-refractivity contribution < 1.29 is 18.9 Å². The Kier molecular flexibility index (Phi) is 11.3. The first-order chi connectivity index (χ1) is 21.5. The first-order valence-corrected chi connectivity index (χ1v) is 15.3. The summed E-state index contributed by atoms with van der Waals surface area (Å²) in [5.41, 5.74) is 7.00. The van der Waals surface area contributed by atoms with Crippen molar-refractivity contribution in [2.24, 2.45) is 10.7 Å². The number of aromatic nitrogens is 2. The average molecular weight is 625 g/mol. The topological polar surface area (TPSA) is 123 Å². The number of aliphatic imine (C=N–C) groups is 1. The first-order valence-electron chi connectivity index (χ1n) is 14.9. The number of nitrogens with two attached hydrogens (primary N) is 1. The number of hydrogen-bond donors (Lipinski definition) is 2. The van der Waals surface area contributed by atoms with E-state index in [9.17, 15) is 0 Å². The standard InChI is InChI=1S/C31H41ClN8O4/c1-41-26-19-24(32)25(20-27(26)42-2)44-30-21-29(34-22-28(33)35-23-7-4-3-5-8-23)36-31(37-30)40-13-11-38(12-14-40)9-6-10-39-15-17-43-18-16-39/h3-5,7-8,19-21H,6,9-18,22H2,1-2H3,(H2,33,35)(H,34,36,37). The Morgan fingerprint density at radius 1 is 0.909 bits per heavy atom. The third-order valence-electron chi connectivity index (χ3n) is 7.53. The molecule has 0 spiro atoms. The molecular formula is C31H41ClN8O4. The minimum Gasteiger partial charge on any atom is -0.493 e. The van der Waals surface area contributed by atoms with Crippen molar-refractivity contribution in [3.63, 3.8) is 0 Å². The Balaban J connectivity index is 1.28. The van der Waals surface area contributed by atoms with Crippen LogP contribution >= 0.6 is 11.6 Å². The zero-order valence-electron chi connectivity index (χ0n) is 25.4. The minimum atomic E-state index is 0.290. The van der Waals surface area contributed by atoms with Crippen LogP contribution in [0.5, 0.6) is 23.1 Å². The van der Waals surface area contributed by atoms with E-state index >= 15 is 0 Å². The molecule has 44 heavy (non-hydrogen) atoms. The molecule has 0 atom stereocenters. The second-order valence-electron chi connectivity index (χ2n) is 10.6. The van der Waals surface area contributed by atoms with Crippen molar-refractivity contribution in [1.29, 1.82) is 0 Å².